The van der Waals surface area contributed by atoms with Gasteiger partial charge >= 0.3 is 20.1 Å². The van der Waals surface area contributed by atoms with E-state index in [9.17, 15) is 24.4 Å². The maximum Gasteiger partial charge on any atom is 0.324 e. The van der Waals surface area contributed by atoms with Crippen LogP contribution in [0, 0.1) is 0 Å². The fraction of sp³-hybridized carbons (Fsp3) is 0.467. The molecule has 0 aliphatic carbocycles. The molecule has 0 heterocycles. The molecule has 140 valence electrons. The van der Waals surface area contributed by atoms with Crippen molar-refractivity contribution in [1.82, 2.24) is 10.2 Å². The van der Waals surface area contributed by atoms with Crippen LogP contribution in [0.3, 0.4) is 0 Å². The Labute approximate surface area is 146 Å². The van der Waals surface area contributed by atoms with E-state index in [1.54, 1.807) is 25.1 Å². The van der Waals surface area contributed by atoms with Gasteiger partial charge in [-0.1, -0.05) is 18.2 Å². The molecule has 1 aromatic carbocycles. The Balaban J connectivity index is 2.97. The highest BCUT2D eigenvalue weighted by molar-refractivity contribution is 7.36. The average molecular weight is 374 g/mol. The number of hydrogen-bond donors (Lipinski definition) is 3. The van der Waals surface area contributed by atoms with Crippen LogP contribution < -0.4 is 9.95 Å². The number of nitrogens with zero attached hydrogens (tertiary/aromatic N) is 1. The van der Waals surface area contributed by atoms with Gasteiger partial charge in [0.2, 0.25) is 0 Å². The summed E-state index contributed by atoms with van der Waals surface area (Å²) in [7, 11) is -3.13. The molecular formula is C15H23N2O7P. The van der Waals surface area contributed by atoms with E-state index < -0.39 is 32.2 Å². The SMILES string of the molecule is CCOC(=O)[C@H](C)NN([C@@H](C)C(=O)O)[PH](=O)Oc1ccccc1CO. The summed E-state index contributed by atoms with van der Waals surface area (Å²) in [5.41, 5.74) is 2.97. The molecule has 25 heavy (non-hydrogen) atoms. The molecule has 1 aromatic rings. The first kappa shape index (κ1) is 21.1. The van der Waals surface area contributed by atoms with Crippen LogP contribution in [0.5, 0.6) is 5.75 Å². The molecule has 1 unspecified atom stereocenters. The number of hydrogen-bond acceptors (Lipinski definition) is 7. The summed E-state index contributed by atoms with van der Waals surface area (Å²) in [4.78, 5) is 23.0. The third-order valence-corrected chi connectivity index (χ3v) is 4.56. The number of aliphatic carboxylic acids is 1. The van der Waals surface area contributed by atoms with E-state index in [0.29, 0.717) is 5.56 Å². The number of rotatable bonds is 10. The molecule has 3 atom stereocenters. The Bertz CT molecular complexity index is 626. The first-order valence-electron chi connectivity index (χ1n) is 7.67. The summed E-state index contributed by atoms with van der Waals surface area (Å²) >= 11 is 0. The van der Waals surface area contributed by atoms with Gasteiger partial charge in [-0.15, -0.1) is 4.78 Å². The summed E-state index contributed by atoms with van der Waals surface area (Å²) in [5.74, 6) is -1.70. The van der Waals surface area contributed by atoms with Gasteiger partial charge in [0.05, 0.1) is 13.2 Å². The summed E-state index contributed by atoms with van der Waals surface area (Å²) in [5, 5.41) is 18.5. The predicted molar refractivity (Wildman–Crippen MR) is 90.2 cm³/mol. The van der Waals surface area contributed by atoms with E-state index in [4.69, 9.17) is 9.26 Å². The highest BCUT2D eigenvalue weighted by Gasteiger charge is 2.30. The smallest absolute Gasteiger partial charge is 0.324 e. The second kappa shape index (κ2) is 10.1. The van der Waals surface area contributed by atoms with Crippen molar-refractivity contribution in [3.05, 3.63) is 29.8 Å². The number of carboxylic acids is 1. The Kier molecular flexibility index (Phi) is 8.57. The van der Waals surface area contributed by atoms with Crippen LogP contribution in [0.4, 0.5) is 0 Å². The number of aliphatic hydroxyl groups excluding tert-OH is 1. The lowest BCUT2D eigenvalue weighted by Gasteiger charge is -2.28. The maximum absolute atomic E-state index is 12.6. The first-order chi connectivity index (χ1) is 11.8. The lowest BCUT2D eigenvalue weighted by Crippen LogP contribution is -2.50. The zero-order valence-electron chi connectivity index (χ0n) is 14.3. The molecule has 0 fully saturated rings. The van der Waals surface area contributed by atoms with Crippen LogP contribution in [0.1, 0.15) is 26.3 Å². The fourth-order valence-electron chi connectivity index (χ4n) is 1.84. The van der Waals surface area contributed by atoms with Crippen molar-refractivity contribution in [1.29, 1.82) is 0 Å². The number of ether oxygens (including phenoxy) is 1. The Morgan fingerprint density at radius 3 is 2.52 bits per heavy atom. The lowest BCUT2D eigenvalue weighted by atomic mass is 10.2. The van der Waals surface area contributed by atoms with E-state index in [-0.39, 0.29) is 19.0 Å². The van der Waals surface area contributed by atoms with Gasteiger partial charge in [-0.3, -0.25) is 14.2 Å². The summed E-state index contributed by atoms with van der Waals surface area (Å²) in [6.07, 6.45) is 0. The summed E-state index contributed by atoms with van der Waals surface area (Å²) in [6.45, 7) is 4.23. The quantitative estimate of drug-likeness (QED) is 0.314. The molecule has 0 saturated heterocycles. The van der Waals surface area contributed by atoms with E-state index >= 15 is 0 Å². The minimum absolute atomic E-state index is 0.162. The van der Waals surface area contributed by atoms with E-state index in [1.807, 2.05) is 0 Å². The Morgan fingerprint density at radius 1 is 1.32 bits per heavy atom. The van der Waals surface area contributed by atoms with E-state index in [1.165, 1.54) is 19.9 Å². The number of para-hydroxylation sites is 1. The van der Waals surface area contributed by atoms with Crippen LogP contribution in [0.2, 0.25) is 0 Å². The minimum atomic E-state index is -3.13. The van der Waals surface area contributed by atoms with Crippen molar-refractivity contribution in [3.8, 4) is 5.75 Å². The number of esters is 1. The van der Waals surface area contributed by atoms with Crippen LogP contribution in [0.25, 0.3) is 0 Å². The number of benzene rings is 1. The molecule has 1 rings (SSSR count). The van der Waals surface area contributed by atoms with E-state index in [2.05, 4.69) is 5.43 Å². The zero-order valence-corrected chi connectivity index (χ0v) is 15.3. The Morgan fingerprint density at radius 2 is 1.96 bits per heavy atom. The molecule has 0 amide bonds. The van der Waals surface area contributed by atoms with Crippen molar-refractivity contribution in [2.24, 2.45) is 0 Å². The molecule has 10 heteroatoms. The molecule has 9 nitrogen and oxygen atoms in total. The van der Waals surface area contributed by atoms with Crippen molar-refractivity contribution in [2.45, 2.75) is 39.5 Å². The van der Waals surface area contributed by atoms with Crippen LogP contribution in [-0.4, -0.2) is 45.6 Å². The summed E-state index contributed by atoms with van der Waals surface area (Å²) in [6, 6.07) is 4.24. The molecule has 0 radical (unpaired) electrons. The standard InChI is InChI=1S/C15H23N2O7P/c1-4-23-15(21)10(2)16-17(11(3)14(19)20)25(22)24-13-8-6-5-7-12(13)9-18/h5-8,10-11,16,18,25H,4,9H2,1-3H3,(H,19,20)/t10-,11-/m0/s1. The van der Waals surface area contributed by atoms with Gasteiger partial charge in [0, 0.05) is 5.56 Å². The van der Waals surface area contributed by atoms with Crippen molar-refractivity contribution in [2.75, 3.05) is 6.61 Å². The summed E-state index contributed by atoms with van der Waals surface area (Å²) < 4.78 is 23.6. The molecule has 0 aliphatic heterocycles. The number of nitrogens with one attached hydrogen (secondary N) is 1. The van der Waals surface area contributed by atoms with Gasteiger partial charge in [-0.05, 0) is 26.8 Å². The zero-order chi connectivity index (χ0) is 19.0. The third kappa shape index (κ3) is 6.13. The number of carbonyl (C=O) groups excluding carboxylic acids is 1. The molecule has 0 aromatic heterocycles. The highest BCUT2D eigenvalue weighted by Crippen LogP contribution is 2.33. The van der Waals surface area contributed by atoms with E-state index in [0.717, 1.165) is 4.78 Å². The molecule has 0 aliphatic rings. The first-order valence-corrected chi connectivity index (χ1v) is 8.93. The predicted octanol–water partition coefficient (Wildman–Crippen LogP) is 1.18. The molecule has 0 saturated carbocycles. The average Bonchev–Trinajstić information content (AvgIpc) is 2.59. The molecule has 0 bridgehead atoms. The molecule has 3 N–H and O–H groups in total. The third-order valence-electron chi connectivity index (χ3n) is 3.25. The maximum atomic E-state index is 12.6. The van der Waals surface area contributed by atoms with Gasteiger partial charge in [-0.25, -0.2) is 5.43 Å². The monoisotopic (exact) mass is 374 g/mol. The van der Waals surface area contributed by atoms with Gasteiger partial charge in [0.15, 0.2) is 0 Å². The highest BCUT2D eigenvalue weighted by atomic mass is 31.1. The number of aliphatic hydroxyl groups is 1. The molecule has 0 spiro atoms. The van der Waals surface area contributed by atoms with Crippen molar-refractivity contribution < 1.29 is 33.6 Å². The lowest BCUT2D eigenvalue weighted by molar-refractivity contribution is -0.148. The van der Waals surface area contributed by atoms with Crippen molar-refractivity contribution >= 4 is 20.1 Å². The number of hydrazine groups is 1. The van der Waals surface area contributed by atoms with Gasteiger partial charge < -0.3 is 19.5 Å². The van der Waals surface area contributed by atoms with Crippen LogP contribution >= 0.6 is 8.18 Å². The molecular weight excluding hydrogens is 351 g/mol. The van der Waals surface area contributed by atoms with Gasteiger partial charge in [-0.2, -0.15) is 0 Å². The minimum Gasteiger partial charge on any atom is -0.480 e. The van der Waals surface area contributed by atoms with Gasteiger partial charge in [0.1, 0.15) is 17.8 Å². The number of carbonyl (C=O) groups is 2. The van der Waals surface area contributed by atoms with Crippen molar-refractivity contribution in [3.63, 3.8) is 0 Å². The van der Waals surface area contributed by atoms with Gasteiger partial charge in [0.25, 0.3) is 0 Å². The van der Waals surface area contributed by atoms with Crippen LogP contribution in [0.15, 0.2) is 24.3 Å². The second-order valence-corrected chi connectivity index (χ2v) is 6.34. The fourth-order valence-corrected chi connectivity index (χ4v) is 3.05. The van der Waals surface area contributed by atoms with Crippen LogP contribution in [-0.2, 0) is 25.5 Å². The Hall–Kier alpha value is -1.93. The largest absolute Gasteiger partial charge is 0.480 e. The topological polar surface area (TPSA) is 125 Å². The second-order valence-electron chi connectivity index (χ2n) is 5.12. The number of carboxylic acid groups (broad SMARTS) is 1. The normalized spacial score (nSPS) is 14.6.